The molecule has 3 rings (SSSR count). The number of aromatic nitrogens is 1. The number of aromatic carboxylic acids is 1. The largest absolute Gasteiger partial charge is 0.534 e. The minimum absolute atomic E-state index is 0.00725. The zero-order chi connectivity index (χ0) is 18.6. The van der Waals surface area contributed by atoms with Gasteiger partial charge >= 0.3 is 21.6 Å². The SMILES string of the molecule is CC1Cc2cc(C(=O)O)nc(OS(=O)(=O)C(F)(F)F)c2NC1C1CC1. The number of hydrogen-bond acceptors (Lipinski definition) is 6. The second-order valence-electron chi connectivity index (χ2n) is 6.32. The number of halogens is 3. The third kappa shape index (κ3) is 3.37. The summed E-state index contributed by atoms with van der Waals surface area (Å²) in [5.41, 5.74) is -5.85. The van der Waals surface area contributed by atoms with Gasteiger partial charge in [0, 0.05) is 6.04 Å². The van der Waals surface area contributed by atoms with Gasteiger partial charge in [0.15, 0.2) is 5.69 Å². The van der Waals surface area contributed by atoms with Gasteiger partial charge in [-0.1, -0.05) is 6.92 Å². The molecule has 1 aromatic rings. The number of nitrogens with zero attached hydrogens (tertiary/aromatic N) is 1. The molecule has 25 heavy (non-hydrogen) atoms. The van der Waals surface area contributed by atoms with Crippen LogP contribution in [0.5, 0.6) is 5.88 Å². The lowest BCUT2D eigenvalue weighted by Gasteiger charge is -2.33. The van der Waals surface area contributed by atoms with Crippen LogP contribution in [0.15, 0.2) is 6.07 Å². The molecule has 1 aliphatic heterocycles. The van der Waals surface area contributed by atoms with Crippen molar-refractivity contribution in [2.45, 2.75) is 37.7 Å². The third-order valence-electron chi connectivity index (χ3n) is 4.35. The molecule has 11 heteroatoms. The molecule has 0 aromatic carbocycles. The highest BCUT2D eigenvalue weighted by molar-refractivity contribution is 7.88. The number of carboxylic acid groups (broad SMARTS) is 1. The van der Waals surface area contributed by atoms with Crippen molar-refractivity contribution in [1.82, 2.24) is 4.98 Å². The van der Waals surface area contributed by atoms with Crippen LogP contribution in [0, 0.1) is 11.8 Å². The molecule has 1 aromatic heterocycles. The fourth-order valence-corrected chi connectivity index (χ4v) is 3.45. The van der Waals surface area contributed by atoms with Gasteiger partial charge < -0.3 is 14.6 Å². The monoisotopic (exact) mass is 380 g/mol. The molecule has 0 amide bonds. The van der Waals surface area contributed by atoms with E-state index in [0.717, 1.165) is 12.8 Å². The summed E-state index contributed by atoms with van der Waals surface area (Å²) in [4.78, 5) is 14.6. The van der Waals surface area contributed by atoms with Gasteiger partial charge in [0.2, 0.25) is 0 Å². The van der Waals surface area contributed by atoms with E-state index in [1.807, 2.05) is 6.92 Å². The Kier molecular flexibility index (Phi) is 4.09. The molecule has 0 saturated heterocycles. The van der Waals surface area contributed by atoms with Gasteiger partial charge in [0.05, 0.1) is 0 Å². The van der Waals surface area contributed by atoms with Gasteiger partial charge in [0.25, 0.3) is 5.88 Å². The number of nitrogens with one attached hydrogen (secondary N) is 1. The van der Waals surface area contributed by atoms with Crippen molar-refractivity contribution in [3.8, 4) is 5.88 Å². The Labute approximate surface area is 141 Å². The summed E-state index contributed by atoms with van der Waals surface area (Å²) < 4.78 is 64.6. The maximum Gasteiger partial charge on any atom is 0.534 e. The van der Waals surface area contributed by atoms with Gasteiger partial charge in [0.1, 0.15) is 5.69 Å². The highest BCUT2D eigenvalue weighted by Crippen LogP contribution is 2.44. The second-order valence-corrected chi connectivity index (χ2v) is 7.86. The standard InChI is InChI=1S/C14H15F3N2O5S/c1-6-4-8-5-9(13(20)21)18-12(24-25(22,23)14(15,16)17)11(8)19-10(6)7-2-3-7/h5-7,10,19H,2-4H2,1H3,(H,20,21). The first-order valence-corrected chi connectivity index (χ1v) is 8.95. The van der Waals surface area contributed by atoms with Crippen molar-refractivity contribution in [2.24, 2.45) is 11.8 Å². The quantitative estimate of drug-likeness (QED) is 0.610. The predicted molar refractivity (Wildman–Crippen MR) is 79.8 cm³/mol. The number of rotatable bonds is 4. The Morgan fingerprint density at radius 2 is 2.04 bits per heavy atom. The number of hydrogen-bond donors (Lipinski definition) is 2. The fraction of sp³-hybridized carbons (Fsp3) is 0.571. The maximum atomic E-state index is 12.6. The maximum absolute atomic E-state index is 12.6. The van der Waals surface area contributed by atoms with Crippen LogP contribution in [0.2, 0.25) is 0 Å². The van der Waals surface area contributed by atoms with Gasteiger partial charge in [-0.05, 0) is 42.7 Å². The van der Waals surface area contributed by atoms with E-state index in [1.54, 1.807) is 0 Å². The Morgan fingerprint density at radius 3 is 2.56 bits per heavy atom. The van der Waals surface area contributed by atoms with Gasteiger partial charge in [-0.25, -0.2) is 9.78 Å². The summed E-state index contributed by atoms with van der Waals surface area (Å²) in [5.74, 6) is -1.93. The van der Waals surface area contributed by atoms with Crippen LogP contribution in [0.1, 0.15) is 35.8 Å². The summed E-state index contributed by atoms with van der Waals surface area (Å²) in [7, 11) is -5.96. The van der Waals surface area contributed by atoms with Crippen LogP contribution >= 0.6 is 0 Å². The lowest BCUT2D eigenvalue weighted by atomic mass is 9.86. The van der Waals surface area contributed by atoms with E-state index in [4.69, 9.17) is 5.11 Å². The number of anilines is 1. The van der Waals surface area contributed by atoms with E-state index in [9.17, 15) is 26.4 Å². The van der Waals surface area contributed by atoms with Crippen LogP contribution in [-0.2, 0) is 16.5 Å². The van der Waals surface area contributed by atoms with E-state index in [-0.39, 0.29) is 17.6 Å². The molecule has 7 nitrogen and oxygen atoms in total. The van der Waals surface area contributed by atoms with Crippen molar-refractivity contribution >= 4 is 21.8 Å². The Balaban J connectivity index is 2.06. The van der Waals surface area contributed by atoms with Crippen molar-refractivity contribution < 1.29 is 35.7 Å². The molecule has 2 atom stereocenters. The van der Waals surface area contributed by atoms with Crippen molar-refractivity contribution in [1.29, 1.82) is 0 Å². The minimum atomic E-state index is -5.96. The normalized spacial score (nSPS) is 23.5. The van der Waals surface area contributed by atoms with Crippen molar-refractivity contribution in [3.63, 3.8) is 0 Å². The molecule has 138 valence electrons. The van der Waals surface area contributed by atoms with Crippen LogP contribution in [0.3, 0.4) is 0 Å². The summed E-state index contributed by atoms with van der Waals surface area (Å²) in [6.07, 6.45) is 2.32. The molecular formula is C14H15F3N2O5S. The van der Waals surface area contributed by atoms with Crippen molar-refractivity contribution in [3.05, 3.63) is 17.3 Å². The zero-order valence-corrected chi connectivity index (χ0v) is 13.8. The molecule has 1 fully saturated rings. The van der Waals surface area contributed by atoms with Gasteiger partial charge in [-0.15, -0.1) is 0 Å². The third-order valence-corrected chi connectivity index (χ3v) is 5.30. The number of pyridine rings is 1. The summed E-state index contributed by atoms with van der Waals surface area (Å²) in [6.45, 7) is 1.94. The number of carbonyl (C=O) groups is 1. The van der Waals surface area contributed by atoms with Gasteiger partial charge in [-0.2, -0.15) is 21.6 Å². The first kappa shape index (κ1) is 17.8. The molecular weight excluding hydrogens is 365 g/mol. The van der Waals surface area contributed by atoms with Crippen LogP contribution in [0.25, 0.3) is 0 Å². The average molecular weight is 380 g/mol. The van der Waals surface area contributed by atoms with Gasteiger partial charge in [-0.3, -0.25) is 0 Å². The van der Waals surface area contributed by atoms with Crippen LogP contribution < -0.4 is 9.50 Å². The second kappa shape index (κ2) is 5.75. The molecule has 0 radical (unpaired) electrons. The van der Waals surface area contributed by atoms with Crippen LogP contribution in [-0.4, -0.2) is 36.0 Å². The first-order valence-electron chi connectivity index (χ1n) is 7.54. The molecule has 2 unspecified atom stereocenters. The highest BCUT2D eigenvalue weighted by atomic mass is 32.2. The molecule has 0 bridgehead atoms. The number of fused-ring (bicyclic) bond motifs is 1. The predicted octanol–water partition coefficient (Wildman–Crippen LogP) is 2.39. The lowest BCUT2D eigenvalue weighted by Crippen LogP contribution is -2.36. The van der Waals surface area contributed by atoms with E-state index < -0.39 is 33.2 Å². The van der Waals surface area contributed by atoms with E-state index in [1.165, 1.54) is 6.07 Å². The van der Waals surface area contributed by atoms with Crippen LogP contribution in [0.4, 0.5) is 18.9 Å². The smallest absolute Gasteiger partial charge is 0.477 e. The zero-order valence-electron chi connectivity index (χ0n) is 13.0. The van der Waals surface area contributed by atoms with E-state index in [2.05, 4.69) is 14.5 Å². The summed E-state index contributed by atoms with van der Waals surface area (Å²) >= 11 is 0. The number of carboxylic acids is 1. The fourth-order valence-electron chi connectivity index (χ4n) is 3.03. The molecule has 1 saturated carbocycles. The van der Waals surface area contributed by atoms with E-state index in [0.29, 0.717) is 17.9 Å². The number of alkyl halides is 3. The first-order chi connectivity index (χ1) is 11.5. The molecule has 1 aliphatic carbocycles. The summed E-state index contributed by atoms with van der Waals surface area (Å²) in [5, 5.41) is 12.1. The summed E-state index contributed by atoms with van der Waals surface area (Å²) in [6, 6.07) is 1.16. The van der Waals surface area contributed by atoms with E-state index >= 15 is 0 Å². The lowest BCUT2D eigenvalue weighted by molar-refractivity contribution is -0.0501. The Bertz CT molecular complexity index is 820. The van der Waals surface area contributed by atoms with Crippen molar-refractivity contribution in [2.75, 3.05) is 5.32 Å². The topological polar surface area (TPSA) is 106 Å². The molecule has 2 heterocycles. The average Bonchev–Trinajstić information content (AvgIpc) is 3.29. The highest BCUT2D eigenvalue weighted by Gasteiger charge is 2.50. The Morgan fingerprint density at radius 1 is 1.40 bits per heavy atom. The molecule has 2 N–H and O–H groups in total. The minimum Gasteiger partial charge on any atom is -0.477 e. The molecule has 2 aliphatic rings. The Hall–Kier alpha value is -2.04. The molecule has 0 spiro atoms.